The lowest BCUT2D eigenvalue weighted by Crippen LogP contribution is -2.39. The van der Waals surface area contributed by atoms with Crippen LogP contribution in [0.2, 0.25) is 0 Å². The first kappa shape index (κ1) is 17.7. The molecule has 3 aromatic rings. The van der Waals surface area contributed by atoms with Gasteiger partial charge in [0.25, 0.3) is 5.91 Å². The summed E-state index contributed by atoms with van der Waals surface area (Å²) in [5, 5.41) is 3.85. The van der Waals surface area contributed by atoms with Gasteiger partial charge in [0.05, 0.1) is 15.2 Å². The number of amides is 2. The highest BCUT2D eigenvalue weighted by molar-refractivity contribution is 7.18. The minimum Gasteiger partial charge on any atom is -0.338 e. The zero-order chi connectivity index (χ0) is 18.8. The number of nitrogens with one attached hydrogen (secondary N) is 1. The molecule has 0 unspecified atom stereocenters. The van der Waals surface area contributed by atoms with Crippen molar-refractivity contribution in [1.82, 2.24) is 9.88 Å². The van der Waals surface area contributed by atoms with Crippen LogP contribution in [0.3, 0.4) is 0 Å². The third kappa shape index (κ3) is 3.85. The first-order valence-corrected chi connectivity index (χ1v) is 9.94. The molecule has 5 nitrogen and oxygen atoms in total. The van der Waals surface area contributed by atoms with Gasteiger partial charge in [-0.3, -0.25) is 9.59 Å². The fourth-order valence-electron chi connectivity index (χ4n) is 3.54. The Hall–Kier alpha value is -2.73. The Morgan fingerprint density at radius 2 is 2.04 bits per heavy atom. The van der Waals surface area contributed by atoms with Gasteiger partial charge in [-0.05, 0) is 43.2 Å². The number of rotatable bonds is 3. The number of anilines is 1. The molecule has 0 spiro atoms. The van der Waals surface area contributed by atoms with Crippen molar-refractivity contribution in [2.24, 2.45) is 0 Å². The van der Waals surface area contributed by atoms with Crippen LogP contribution in [0.1, 0.15) is 41.0 Å². The predicted octanol–water partition coefficient (Wildman–Crippen LogP) is 4.27. The zero-order valence-electron chi connectivity index (χ0n) is 15.1. The van der Waals surface area contributed by atoms with Crippen molar-refractivity contribution in [3.05, 3.63) is 59.1 Å². The van der Waals surface area contributed by atoms with Gasteiger partial charge in [0.2, 0.25) is 5.91 Å². The number of nitrogens with zero attached hydrogens (tertiary/aromatic N) is 2. The van der Waals surface area contributed by atoms with Gasteiger partial charge in [-0.15, -0.1) is 11.3 Å². The van der Waals surface area contributed by atoms with Gasteiger partial charge in [-0.25, -0.2) is 4.98 Å². The fourth-order valence-corrected chi connectivity index (χ4v) is 4.64. The van der Waals surface area contributed by atoms with Crippen LogP contribution in [0.5, 0.6) is 0 Å². The molecule has 1 N–H and O–H groups in total. The fraction of sp³-hybridized carbons (Fsp3) is 0.286. The van der Waals surface area contributed by atoms with Crippen molar-refractivity contribution < 1.29 is 9.59 Å². The lowest BCUT2D eigenvalue weighted by molar-refractivity contribution is -0.114. The van der Waals surface area contributed by atoms with Crippen LogP contribution in [0.4, 0.5) is 5.69 Å². The molecule has 1 aliphatic heterocycles. The molecule has 0 bridgehead atoms. The molecule has 1 aromatic heterocycles. The number of hydrogen-bond acceptors (Lipinski definition) is 4. The van der Waals surface area contributed by atoms with E-state index in [1.807, 2.05) is 23.1 Å². The van der Waals surface area contributed by atoms with E-state index in [0.29, 0.717) is 17.8 Å². The second kappa shape index (κ2) is 7.48. The van der Waals surface area contributed by atoms with Crippen molar-refractivity contribution in [2.45, 2.75) is 25.7 Å². The zero-order valence-corrected chi connectivity index (χ0v) is 16.0. The first-order chi connectivity index (χ1) is 13.1. The molecule has 138 valence electrons. The van der Waals surface area contributed by atoms with E-state index in [9.17, 15) is 9.59 Å². The van der Waals surface area contributed by atoms with Crippen LogP contribution in [-0.2, 0) is 4.79 Å². The number of likely N-dealkylation sites (tertiary alicyclic amines) is 1. The molecule has 0 radical (unpaired) electrons. The topological polar surface area (TPSA) is 62.3 Å². The second-order valence-electron chi connectivity index (χ2n) is 6.87. The smallest absolute Gasteiger partial charge is 0.253 e. The number of carbonyl (C=O) groups is 2. The van der Waals surface area contributed by atoms with E-state index >= 15 is 0 Å². The highest BCUT2D eigenvalue weighted by atomic mass is 32.1. The molecule has 1 fully saturated rings. The standard InChI is InChI=1S/C21H21N3O2S/c1-14(25)22-17-8-4-6-15(12-17)21(26)24-11-5-7-16(13-24)20-23-18-9-2-3-10-19(18)27-20/h2-4,6,8-10,12,16H,5,7,11,13H2,1H3,(H,22,25)/t16-/m1/s1. The van der Waals surface area contributed by atoms with E-state index in [4.69, 9.17) is 4.98 Å². The van der Waals surface area contributed by atoms with E-state index < -0.39 is 0 Å². The molecule has 4 rings (SSSR count). The normalized spacial score (nSPS) is 17.1. The number of para-hydroxylation sites is 1. The number of aromatic nitrogens is 1. The molecular formula is C21H21N3O2S. The maximum atomic E-state index is 13.0. The number of fused-ring (bicyclic) bond motifs is 1. The Labute approximate surface area is 162 Å². The summed E-state index contributed by atoms with van der Waals surface area (Å²) in [6, 6.07) is 15.3. The van der Waals surface area contributed by atoms with Crippen molar-refractivity contribution in [1.29, 1.82) is 0 Å². The summed E-state index contributed by atoms with van der Waals surface area (Å²) in [6.07, 6.45) is 2.02. The maximum Gasteiger partial charge on any atom is 0.253 e. The molecular weight excluding hydrogens is 358 g/mol. The molecule has 6 heteroatoms. The minimum absolute atomic E-state index is 0.00742. The Bertz CT molecular complexity index is 965. The van der Waals surface area contributed by atoms with Gasteiger partial charge in [-0.1, -0.05) is 18.2 Å². The predicted molar refractivity (Wildman–Crippen MR) is 108 cm³/mol. The lowest BCUT2D eigenvalue weighted by Gasteiger charge is -2.32. The van der Waals surface area contributed by atoms with Crippen molar-refractivity contribution in [3.63, 3.8) is 0 Å². The first-order valence-electron chi connectivity index (χ1n) is 9.12. The summed E-state index contributed by atoms with van der Waals surface area (Å²) in [5.41, 5.74) is 2.28. The summed E-state index contributed by atoms with van der Waals surface area (Å²) >= 11 is 1.73. The van der Waals surface area contributed by atoms with E-state index in [2.05, 4.69) is 11.4 Å². The molecule has 2 amide bonds. The van der Waals surface area contributed by atoms with Crippen LogP contribution >= 0.6 is 11.3 Å². The van der Waals surface area contributed by atoms with Crippen molar-refractivity contribution >= 4 is 39.1 Å². The summed E-state index contributed by atoms with van der Waals surface area (Å²) in [5.74, 6) is 0.139. The van der Waals surface area contributed by atoms with E-state index in [1.54, 1.807) is 35.6 Å². The number of thiazole rings is 1. The van der Waals surface area contributed by atoms with Gasteiger partial charge >= 0.3 is 0 Å². The van der Waals surface area contributed by atoms with Crippen LogP contribution in [-0.4, -0.2) is 34.8 Å². The Morgan fingerprint density at radius 1 is 1.19 bits per heavy atom. The van der Waals surface area contributed by atoms with E-state index in [-0.39, 0.29) is 17.7 Å². The monoisotopic (exact) mass is 379 g/mol. The molecule has 1 saturated heterocycles. The van der Waals surface area contributed by atoms with Crippen molar-refractivity contribution in [2.75, 3.05) is 18.4 Å². The van der Waals surface area contributed by atoms with Gasteiger partial charge in [0.1, 0.15) is 0 Å². The summed E-state index contributed by atoms with van der Waals surface area (Å²) in [7, 11) is 0. The second-order valence-corrected chi connectivity index (χ2v) is 7.93. The molecule has 0 saturated carbocycles. The van der Waals surface area contributed by atoms with E-state index in [1.165, 1.54) is 11.6 Å². The minimum atomic E-state index is -0.145. The van der Waals surface area contributed by atoms with E-state index in [0.717, 1.165) is 29.9 Å². The number of piperidine rings is 1. The van der Waals surface area contributed by atoms with Gasteiger partial charge in [0, 0.05) is 37.2 Å². The molecule has 2 heterocycles. The SMILES string of the molecule is CC(=O)Nc1cccc(C(=O)N2CCC[C@@H](c3nc4ccccc4s3)C2)c1. The molecule has 0 aliphatic carbocycles. The quantitative estimate of drug-likeness (QED) is 0.739. The van der Waals surface area contributed by atoms with Gasteiger partial charge in [-0.2, -0.15) is 0 Å². The average Bonchev–Trinajstić information content (AvgIpc) is 3.11. The molecule has 27 heavy (non-hydrogen) atoms. The third-order valence-electron chi connectivity index (χ3n) is 4.80. The van der Waals surface area contributed by atoms with Crippen LogP contribution < -0.4 is 5.32 Å². The van der Waals surface area contributed by atoms with Crippen LogP contribution in [0, 0.1) is 0 Å². The molecule has 1 atom stereocenters. The van der Waals surface area contributed by atoms with Crippen LogP contribution in [0.25, 0.3) is 10.2 Å². The largest absolute Gasteiger partial charge is 0.338 e. The van der Waals surface area contributed by atoms with Crippen molar-refractivity contribution in [3.8, 4) is 0 Å². The summed E-state index contributed by atoms with van der Waals surface area (Å²) < 4.78 is 1.19. The highest BCUT2D eigenvalue weighted by Gasteiger charge is 2.27. The Balaban J connectivity index is 1.52. The maximum absolute atomic E-state index is 13.0. The lowest BCUT2D eigenvalue weighted by atomic mass is 9.98. The Kier molecular flexibility index (Phi) is 4.90. The van der Waals surface area contributed by atoms with Gasteiger partial charge < -0.3 is 10.2 Å². The number of benzene rings is 2. The molecule has 2 aromatic carbocycles. The average molecular weight is 379 g/mol. The Morgan fingerprint density at radius 3 is 2.85 bits per heavy atom. The van der Waals surface area contributed by atoms with Crippen LogP contribution in [0.15, 0.2) is 48.5 Å². The highest BCUT2D eigenvalue weighted by Crippen LogP contribution is 2.33. The molecule has 1 aliphatic rings. The number of hydrogen-bond donors (Lipinski definition) is 1. The van der Waals surface area contributed by atoms with Gasteiger partial charge in [0.15, 0.2) is 0 Å². The number of carbonyl (C=O) groups excluding carboxylic acids is 2. The summed E-state index contributed by atoms with van der Waals surface area (Å²) in [6.45, 7) is 2.90. The third-order valence-corrected chi connectivity index (χ3v) is 6.00. The summed E-state index contributed by atoms with van der Waals surface area (Å²) in [4.78, 5) is 30.9.